The molecule has 0 heterocycles. The lowest BCUT2D eigenvalue weighted by Crippen LogP contribution is -2.02. The molecule has 0 aromatic carbocycles. The second-order valence-corrected chi connectivity index (χ2v) is 2.12. The second-order valence-electron chi connectivity index (χ2n) is 0.516. The number of alkyl halides is 1. The molecule has 1 nitrogen and oxygen atoms in total. The van der Waals surface area contributed by atoms with E-state index in [1.165, 1.54) is 0 Å². The van der Waals surface area contributed by atoms with Crippen molar-refractivity contribution in [3.8, 4) is 0 Å². The first-order chi connectivity index (χ1) is 1.73. The van der Waals surface area contributed by atoms with Crippen LogP contribution in [0.2, 0.25) is 0 Å². The molecule has 0 saturated carbocycles. The Morgan fingerprint density at radius 1 is 2.00 bits per heavy atom. The van der Waals surface area contributed by atoms with Crippen LogP contribution in [0.5, 0.6) is 0 Å². The second kappa shape index (κ2) is 1.96. The predicted molar refractivity (Wildman–Crippen MR) is 27.4 cm³/mol. The molecule has 4 heavy (non-hydrogen) atoms. The average Bonchev–Trinajstić information content (AvgIpc) is 0.811. The monoisotopic (exact) mass is 170 g/mol. The van der Waals surface area contributed by atoms with Crippen molar-refractivity contribution in [1.29, 1.82) is 0 Å². The highest BCUT2D eigenvalue weighted by atomic mass is 127. The molecule has 0 bridgehead atoms. The molecule has 0 aromatic rings. The highest BCUT2D eigenvalue weighted by Gasteiger charge is 1.70. The highest BCUT2D eigenvalue weighted by Crippen LogP contribution is 1.81. The molecule has 0 fully saturated rings. The summed E-state index contributed by atoms with van der Waals surface area (Å²) in [5, 5.41) is 0. The molecule has 0 spiro atoms. The molecule has 2 heteroatoms. The van der Waals surface area contributed by atoms with Gasteiger partial charge in [-0.25, -0.2) is 0 Å². The molecule has 1 atom stereocenters. The third-order valence-corrected chi connectivity index (χ3v) is 0. The summed E-state index contributed by atoms with van der Waals surface area (Å²) in [6.07, 6.45) is 0. The fraction of sp³-hybridized carbons (Fsp3) is 0.500. The van der Waals surface area contributed by atoms with Crippen LogP contribution in [0.15, 0.2) is 0 Å². The summed E-state index contributed by atoms with van der Waals surface area (Å²) in [7, 11) is 0. The first-order valence-corrected chi connectivity index (χ1v) is 2.21. The van der Waals surface area contributed by atoms with Gasteiger partial charge in [-0.15, -0.1) is 0 Å². The molecule has 0 rings (SSSR count). The van der Waals surface area contributed by atoms with Crippen molar-refractivity contribution in [1.82, 2.24) is 0 Å². The summed E-state index contributed by atoms with van der Waals surface area (Å²) in [6.45, 7) is 3.40. The van der Waals surface area contributed by atoms with Crippen molar-refractivity contribution < 1.29 is 0 Å². The molecule has 25 valence electrons. The lowest BCUT2D eigenvalue weighted by atomic mass is 10.8. The van der Waals surface area contributed by atoms with Crippen LogP contribution in [-0.4, -0.2) is 4.05 Å². The van der Waals surface area contributed by atoms with Gasteiger partial charge in [-0.1, -0.05) is 22.6 Å². The van der Waals surface area contributed by atoms with Gasteiger partial charge in [0.05, 0.1) is 4.05 Å². The Kier molecular flexibility index (Phi) is 2.30. The Hall–Kier alpha value is 0.690. The minimum Gasteiger partial charge on any atom is -0.320 e. The molecule has 2 N–H and O–H groups in total. The third kappa shape index (κ3) is 16.1. The van der Waals surface area contributed by atoms with Crippen LogP contribution in [0.3, 0.4) is 0 Å². The quantitative estimate of drug-likeness (QED) is 0.320. The van der Waals surface area contributed by atoms with Gasteiger partial charge in [0.2, 0.25) is 0 Å². The summed E-state index contributed by atoms with van der Waals surface area (Å²) in [6, 6.07) is 0. The first kappa shape index (κ1) is 4.69. The highest BCUT2D eigenvalue weighted by molar-refractivity contribution is 14.1. The van der Waals surface area contributed by atoms with E-state index in [0.29, 0.717) is 0 Å². The van der Waals surface area contributed by atoms with E-state index in [2.05, 4.69) is 6.92 Å². The number of nitrogens with two attached hydrogens (primary N) is 1. The molecule has 0 aliphatic heterocycles. The minimum absolute atomic E-state index is 0.0533. The van der Waals surface area contributed by atoms with E-state index >= 15 is 0 Å². The van der Waals surface area contributed by atoms with Crippen LogP contribution in [-0.2, 0) is 0 Å². The molecule has 0 aromatic heterocycles. The summed E-state index contributed by atoms with van der Waals surface area (Å²) in [5.74, 6) is 0. The topological polar surface area (TPSA) is 26.0 Å². The molecule has 0 saturated heterocycles. The molecule has 0 amide bonds. The van der Waals surface area contributed by atoms with Crippen LogP contribution >= 0.6 is 22.6 Å². The maximum atomic E-state index is 4.99. The number of hydrogen-bond acceptors (Lipinski definition) is 1. The standard InChI is InChI=1S/C2H5IN/c1-2(3)4/h2H,1,4H2. The molecule has 1 radical (unpaired) electrons. The summed E-state index contributed by atoms with van der Waals surface area (Å²) in [5.41, 5.74) is 4.99. The van der Waals surface area contributed by atoms with E-state index in [4.69, 9.17) is 5.73 Å². The SMILES string of the molecule is [CH2]C(N)I. The Bertz CT molecular complexity index is 10.8. The lowest BCUT2D eigenvalue weighted by molar-refractivity contribution is 1.21. The van der Waals surface area contributed by atoms with Crippen LogP contribution in [0, 0.1) is 6.92 Å². The van der Waals surface area contributed by atoms with Crippen molar-refractivity contribution in [3.63, 3.8) is 0 Å². The average molecular weight is 170 g/mol. The zero-order chi connectivity index (χ0) is 3.58. The van der Waals surface area contributed by atoms with Crippen molar-refractivity contribution >= 4 is 22.6 Å². The van der Waals surface area contributed by atoms with E-state index in [9.17, 15) is 0 Å². The van der Waals surface area contributed by atoms with Crippen LogP contribution in [0.25, 0.3) is 0 Å². The maximum Gasteiger partial charge on any atom is 0.0569 e. The molecule has 0 aliphatic carbocycles. The van der Waals surface area contributed by atoms with Gasteiger partial charge in [0.25, 0.3) is 0 Å². The van der Waals surface area contributed by atoms with Gasteiger partial charge in [-0.05, 0) is 6.92 Å². The Morgan fingerprint density at radius 2 is 2.00 bits per heavy atom. The van der Waals surface area contributed by atoms with Crippen molar-refractivity contribution in [3.05, 3.63) is 6.92 Å². The van der Waals surface area contributed by atoms with Crippen molar-refractivity contribution in [2.75, 3.05) is 0 Å². The van der Waals surface area contributed by atoms with E-state index in [1.807, 2.05) is 22.6 Å². The smallest absolute Gasteiger partial charge is 0.0569 e. The van der Waals surface area contributed by atoms with Gasteiger partial charge in [0, 0.05) is 0 Å². The van der Waals surface area contributed by atoms with Crippen LogP contribution in [0.4, 0.5) is 0 Å². The van der Waals surface area contributed by atoms with E-state index in [1.54, 1.807) is 0 Å². The van der Waals surface area contributed by atoms with Gasteiger partial charge in [0.15, 0.2) is 0 Å². The third-order valence-electron chi connectivity index (χ3n) is 0. The maximum absolute atomic E-state index is 4.99. The van der Waals surface area contributed by atoms with E-state index in [-0.39, 0.29) is 4.05 Å². The van der Waals surface area contributed by atoms with E-state index < -0.39 is 0 Å². The molecular weight excluding hydrogens is 165 g/mol. The van der Waals surface area contributed by atoms with Gasteiger partial charge >= 0.3 is 0 Å². The summed E-state index contributed by atoms with van der Waals surface area (Å²) in [4.78, 5) is 0. The van der Waals surface area contributed by atoms with Crippen LogP contribution in [0.1, 0.15) is 0 Å². The lowest BCUT2D eigenvalue weighted by Gasteiger charge is -1.78. The van der Waals surface area contributed by atoms with Gasteiger partial charge in [-0.3, -0.25) is 0 Å². The van der Waals surface area contributed by atoms with Gasteiger partial charge < -0.3 is 5.73 Å². The van der Waals surface area contributed by atoms with Gasteiger partial charge in [-0.2, -0.15) is 0 Å². The zero-order valence-electron chi connectivity index (χ0n) is 2.24. The Balaban J connectivity index is 2.32. The zero-order valence-corrected chi connectivity index (χ0v) is 4.40. The van der Waals surface area contributed by atoms with Crippen molar-refractivity contribution in [2.45, 2.75) is 4.05 Å². The minimum atomic E-state index is 0.0533. The largest absolute Gasteiger partial charge is 0.320 e. The number of hydrogen-bond donors (Lipinski definition) is 1. The molecule has 0 aliphatic rings. The van der Waals surface area contributed by atoms with Gasteiger partial charge in [0.1, 0.15) is 0 Å². The Labute approximate surface area is 39.7 Å². The van der Waals surface area contributed by atoms with Crippen LogP contribution < -0.4 is 5.73 Å². The fourth-order valence-electron chi connectivity index (χ4n) is 0. The summed E-state index contributed by atoms with van der Waals surface area (Å²) >= 11 is 2.01. The first-order valence-electron chi connectivity index (χ1n) is 0.960. The molecular formula is C2H5IN. The van der Waals surface area contributed by atoms with Crippen molar-refractivity contribution in [2.24, 2.45) is 5.73 Å². The number of rotatable bonds is 0. The predicted octanol–water partition coefficient (Wildman–Crippen LogP) is 0.540. The fourth-order valence-corrected chi connectivity index (χ4v) is 0. The Morgan fingerprint density at radius 3 is 2.00 bits per heavy atom. The summed E-state index contributed by atoms with van der Waals surface area (Å²) < 4.78 is 0.0533. The number of halogens is 1. The molecule has 1 unspecified atom stereocenters. The normalized spacial score (nSPS) is 15.8. The van der Waals surface area contributed by atoms with E-state index in [0.717, 1.165) is 0 Å².